The summed E-state index contributed by atoms with van der Waals surface area (Å²) in [4.78, 5) is 37.3. The molecule has 1 aliphatic rings. The molecule has 136 valence electrons. The van der Waals surface area contributed by atoms with E-state index in [1.54, 1.807) is 13.8 Å². The van der Waals surface area contributed by atoms with Gasteiger partial charge in [0.15, 0.2) is 5.90 Å². The molecule has 0 bridgehead atoms. The van der Waals surface area contributed by atoms with Gasteiger partial charge in [-0.15, -0.1) is 0 Å². The highest BCUT2D eigenvalue weighted by molar-refractivity contribution is 5.75. The predicted octanol–water partition coefficient (Wildman–Crippen LogP) is 0.593. The van der Waals surface area contributed by atoms with E-state index in [1.807, 2.05) is 0 Å². The number of nitrogens with zero attached hydrogens (tertiary/aromatic N) is 1. The largest absolute Gasteiger partial charge is 0.463 e. The van der Waals surface area contributed by atoms with Crippen molar-refractivity contribution in [2.24, 2.45) is 4.99 Å². The standard InChI is InChI=1S/C15H23NO8/c1-8(22-12(5)19)14(7-21-11(4)18)24-15-13(6-20-10(3)17)16-9(2)23-15/h8,13-15H,6-7H2,1-5H3/t8-,13-,14?,15-/m0/s1. The lowest BCUT2D eigenvalue weighted by Crippen LogP contribution is -2.42. The van der Waals surface area contributed by atoms with Crippen LogP contribution in [-0.4, -0.2) is 61.6 Å². The molecule has 24 heavy (non-hydrogen) atoms. The van der Waals surface area contributed by atoms with Gasteiger partial charge >= 0.3 is 17.9 Å². The number of ether oxygens (including phenoxy) is 5. The maximum absolute atomic E-state index is 11.1. The number of carbonyl (C=O) groups is 3. The SMILES string of the molecule is CC(=O)OCC(O[C@@H]1OC(C)=N[C@H]1COC(C)=O)[C@H](C)OC(C)=O. The van der Waals surface area contributed by atoms with Gasteiger partial charge in [-0.1, -0.05) is 0 Å². The van der Waals surface area contributed by atoms with Gasteiger partial charge in [0.25, 0.3) is 0 Å². The highest BCUT2D eigenvalue weighted by atomic mass is 16.7. The summed E-state index contributed by atoms with van der Waals surface area (Å²) in [6.07, 6.45) is -2.28. The number of esters is 3. The summed E-state index contributed by atoms with van der Waals surface area (Å²) < 4.78 is 26.2. The van der Waals surface area contributed by atoms with Gasteiger partial charge in [0, 0.05) is 27.7 Å². The summed E-state index contributed by atoms with van der Waals surface area (Å²) in [6.45, 7) is 6.93. The van der Waals surface area contributed by atoms with Gasteiger partial charge in [0.2, 0.25) is 6.29 Å². The predicted molar refractivity (Wildman–Crippen MR) is 81.1 cm³/mol. The molecule has 0 spiro atoms. The van der Waals surface area contributed by atoms with E-state index in [0.29, 0.717) is 5.90 Å². The van der Waals surface area contributed by atoms with E-state index in [2.05, 4.69) is 4.99 Å². The maximum atomic E-state index is 11.1. The first kappa shape index (κ1) is 19.9. The summed E-state index contributed by atoms with van der Waals surface area (Å²) in [7, 11) is 0. The average molecular weight is 345 g/mol. The Morgan fingerprint density at radius 2 is 1.75 bits per heavy atom. The molecule has 1 aliphatic heterocycles. The second-order valence-electron chi connectivity index (χ2n) is 5.30. The zero-order chi connectivity index (χ0) is 18.3. The smallest absolute Gasteiger partial charge is 0.302 e. The molecule has 1 rings (SSSR count). The van der Waals surface area contributed by atoms with E-state index >= 15 is 0 Å². The van der Waals surface area contributed by atoms with E-state index in [-0.39, 0.29) is 13.2 Å². The van der Waals surface area contributed by atoms with E-state index in [4.69, 9.17) is 23.7 Å². The number of carbonyl (C=O) groups excluding carboxylic acids is 3. The van der Waals surface area contributed by atoms with E-state index in [1.165, 1.54) is 20.8 Å². The first-order valence-corrected chi connectivity index (χ1v) is 7.49. The molecule has 1 heterocycles. The molecule has 0 saturated carbocycles. The van der Waals surface area contributed by atoms with Gasteiger partial charge in [-0.2, -0.15) is 0 Å². The lowest BCUT2D eigenvalue weighted by atomic mass is 10.2. The second kappa shape index (κ2) is 9.21. The Morgan fingerprint density at radius 3 is 2.29 bits per heavy atom. The average Bonchev–Trinajstić information content (AvgIpc) is 2.79. The van der Waals surface area contributed by atoms with Gasteiger partial charge in [0.05, 0.1) is 0 Å². The zero-order valence-corrected chi connectivity index (χ0v) is 14.4. The number of rotatable bonds is 8. The van der Waals surface area contributed by atoms with Gasteiger partial charge in [0.1, 0.15) is 31.5 Å². The van der Waals surface area contributed by atoms with Crippen LogP contribution < -0.4 is 0 Å². The number of hydrogen-bond acceptors (Lipinski definition) is 9. The normalized spacial score (nSPS) is 22.0. The summed E-state index contributed by atoms with van der Waals surface area (Å²) in [5.74, 6) is -1.05. The molecule has 1 unspecified atom stereocenters. The highest BCUT2D eigenvalue weighted by Gasteiger charge is 2.36. The fourth-order valence-corrected chi connectivity index (χ4v) is 2.00. The third-order valence-electron chi connectivity index (χ3n) is 3.04. The van der Waals surface area contributed by atoms with Crippen LogP contribution in [0.4, 0.5) is 0 Å². The van der Waals surface area contributed by atoms with Crippen LogP contribution in [0.3, 0.4) is 0 Å². The maximum Gasteiger partial charge on any atom is 0.302 e. The van der Waals surface area contributed by atoms with Crippen LogP contribution in [0.25, 0.3) is 0 Å². The molecule has 0 N–H and O–H groups in total. The Balaban J connectivity index is 2.73. The molecule has 0 fully saturated rings. The van der Waals surface area contributed by atoms with E-state index in [0.717, 1.165) is 0 Å². The van der Waals surface area contributed by atoms with Crippen molar-refractivity contribution in [3.63, 3.8) is 0 Å². The number of hydrogen-bond donors (Lipinski definition) is 0. The van der Waals surface area contributed by atoms with E-state index < -0.39 is 42.4 Å². The first-order valence-electron chi connectivity index (χ1n) is 7.49. The van der Waals surface area contributed by atoms with Crippen molar-refractivity contribution in [3.05, 3.63) is 0 Å². The molecule has 0 aromatic carbocycles. The third kappa shape index (κ3) is 6.95. The van der Waals surface area contributed by atoms with Crippen LogP contribution >= 0.6 is 0 Å². The highest BCUT2D eigenvalue weighted by Crippen LogP contribution is 2.19. The van der Waals surface area contributed by atoms with Crippen molar-refractivity contribution >= 4 is 23.8 Å². The molecule has 9 heteroatoms. The van der Waals surface area contributed by atoms with Crippen LogP contribution in [-0.2, 0) is 38.1 Å². The Labute approximate surface area is 140 Å². The summed E-state index contributed by atoms with van der Waals surface area (Å²) in [5, 5.41) is 0. The Hall–Kier alpha value is -2.16. The van der Waals surface area contributed by atoms with Crippen molar-refractivity contribution < 1.29 is 38.1 Å². The van der Waals surface area contributed by atoms with Crippen LogP contribution in [0.15, 0.2) is 4.99 Å². The van der Waals surface area contributed by atoms with Crippen molar-refractivity contribution in [2.75, 3.05) is 13.2 Å². The van der Waals surface area contributed by atoms with Crippen LogP contribution in [0, 0.1) is 0 Å². The van der Waals surface area contributed by atoms with Crippen molar-refractivity contribution in [3.8, 4) is 0 Å². The molecule has 4 atom stereocenters. The molecule has 0 radical (unpaired) electrons. The molecular weight excluding hydrogens is 322 g/mol. The van der Waals surface area contributed by atoms with Gasteiger partial charge in [-0.05, 0) is 6.92 Å². The second-order valence-corrected chi connectivity index (χ2v) is 5.30. The molecule has 0 aromatic heterocycles. The van der Waals surface area contributed by atoms with Gasteiger partial charge < -0.3 is 23.7 Å². The van der Waals surface area contributed by atoms with Crippen molar-refractivity contribution in [2.45, 2.75) is 59.2 Å². The van der Waals surface area contributed by atoms with Gasteiger partial charge in [-0.3, -0.25) is 14.4 Å². The molecule has 0 aliphatic carbocycles. The summed E-state index contributed by atoms with van der Waals surface area (Å²) >= 11 is 0. The van der Waals surface area contributed by atoms with E-state index in [9.17, 15) is 14.4 Å². The molecule has 9 nitrogen and oxygen atoms in total. The zero-order valence-electron chi connectivity index (χ0n) is 14.4. The lowest BCUT2D eigenvalue weighted by Gasteiger charge is -2.27. The Kier molecular flexibility index (Phi) is 7.63. The molecule has 0 saturated heterocycles. The monoisotopic (exact) mass is 345 g/mol. The topological polar surface area (TPSA) is 110 Å². The lowest BCUT2D eigenvalue weighted by molar-refractivity contribution is -0.192. The van der Waals surface area contributed by atoms with Crippen molar-refractivity contribution in [1.82, 2.24) is 0 Å². The van der Waals surface area contributed by atoms with Crippen LogP contribution in [0.5, 0.6) is 0 Å². The minimum absolute atomic E-state index is 0.0143. The van der Waals surface area contributed by atoms with Crippen LogP contribution in [0.2, 0.25) is 0 Å². The van der Waals surface area contributed by atoms with Crippen LogP contribution in [0.1, 0.15) is 34.6 Å². The quantitative estimate of drug-likeness (QED) is 0.464. The minimum atomic E-state index is -0.845. The van der Waals surface area contributed by atoms with Gasteiger partial charge in [-0.25, -0.2) is 4.99 Å². The Bertz CT molecular complexity index is 504. The molecule has 0 aromatic rings. The number of aliphatic imine (C=N–C) groups is 1. The fourth-order valence-electron chi connectivity index (χ4n) is 2.00. The Morgan fingerprint density at radius 1 is 1.12 bits per heavy atom. The first-order chi connectivity index (χ1) is 11.2. The molecule has 0 amide bonds. The summed E-state index contributed by atoms with van der Waals surface area (Å²) in [6, 6.07) is -0.557. The fraction of sp³-hybridized carbons (Fsp3) is 0.733. The summed E-state index contributed by atoms with van der Waals surface area (Å²) in [5.41, 5.74) is 0. The minimum Gasteiger partial charge on any atom is -0.463 e. The molecular formula is C15H23NO8. The third-order valence-corrected chi connectivity index (χ3v) is 3.04. The van der Waals surface area contributed by atoms with Crippen molar-refractivity contribution in [1.29, 1.82) is 0 Å².